The van der Waals surface area contributed by atoms with Crippen LogP contribution in [0.3, 0.4) is 0 Å². The monoisotopic (exact) mass is 463 g/mol. The smallest absolute Gasteiger partial charge is 0.259 e. The number of nitrogens with zero attached hydrogens (tertiary/aromatic N) is 4. The molecule has 0 unspecified atom stereocenters. The predicted molar refractivity (Wildman–Crippen MR) is 130 cm³/mol. The van der Waals surface area contributed by atoms with Gasteiger partial charge in [0.1, 0.15) is 5.56 Å². The van der Waals surface area contributed by atoms with Gasteiger partial charge in [0.15, 0.2) is 5.82 Å². The summed E-state index contributed by atoms with van der Waals surface area (Å²) in [5.74, 6) is 0.660. The summed E-state index contributed by atoms with van der Waals surface area (Å²) in [5, 5.41) is 7.55. The van der Waals surface area contributed by atoms with Crippen molar-refractivity contribution < 1.29 is 14.3 Å². The Hall–Kier alpha value is -3.39. The van der Waals surface area contributed by atoms with Gasteiger partial charge in [-0.3, -0.25) is 9.59 Å². The highest BCUT2D eigenvalue weighted by Crippen LogP contribution is 2.24. The lowest BCUT2D eigenvalue weighted by molar-refractivity contribution is -0.126. The molecule has 3 aromatic rings. The normalized spacial score (nSPS) is 14.5. The van der Waals surface area contributed by atoms with Crippen LogP contribution >= 0.6 is 0 Å². The summed E-state index contributed by atoms with van der Waals surface area (Å²) in [4.78, 5) is 27.9. The van der Waals surface area contributed by atoms with E-state index < -0.39 is 0 Å². The predicted octanol–water partition coefficient (Wildman–Crippen LogP) is 3.45. The molecule has 0 aliphatic carbocycles. The van der Waals surface area contributed by atoms with Crippen LogP contribution in [0.4, 0.5) is 0 Å². The molecule has 2 aromatic heterocycles. The minimum atomic E-state index is -0.0639. The van der Waals surface area contributed by atoms with Crippen molar-refractivity contribution in [1.29, 1.82) is 0 Å². The molecule has 1 aliphatic heterocycles. The average Bonchev–Trinajstić information content (AvgIpc) is 3.53. The summed E-state index contributed by atoms with van der Waals surface area (Å²) < 4.78 is 9.22. The SMILES string of the molecule is CC(C)OCCCNC(=O)C1CCN(C(=O)c2cnn(-c3ccccc3)c2-n2cccc2)CC1. The second-order valence-corrected chi connectivity index (χ2v) is 8.85. The van der Waals surface area contributed by atoms with E-state index in [1.165, 1.54) is 0 Å². The van der Waals surface area contributed by atoms with Crippen molar-refractivity contribution in [2.24, 2.45) is 5.92 Å². The van der Waals surface area contributed by atoms with Crippen LogP contribution in [0.1, 0.15) is 43.5 Å². The summed E-state index contributed by atoms with van der Waals surface area (Å²) in [6.45, 7) is 6.36. The Morgan fingerprint density at radius 3 is 2.47 bits per heavy atom. The fourth-order valence-corrected chi connectivity index (χ4v) is 4.24. The van der Waals surface area contributed by atoms with E-state index in [1.807, 2.05) is 78.2 Å². The number of nitrogens with one attached hydrogen (secondary N) is 1. The molecular weight excluding hydrogens is 430 g/mol. The van der Waals surface area contributed by atoms with Gasteiger partial charge in [0.2, 0.25) is 5.91 Å². The van der Waals surface area contributed by atoms with Gasteiger partial charge in [0.05, 0.1) is 18.0 Å². The van der Waals surface area contributed by atoms with Crippen LogP contribution in [0.25, 0.3) is 11.5 Å². The molecule has 8 nitrogen and oxygen atoms in total. The zero-order valence-electron chi connectivity index (χ0n) is 19.9. The van der Waals surface area contributed by atoms with Crippen molar-refractivity contribution in [3.05, 3.63) is 66.6 Å². The quantitative estimate of drug-likeness (QED) is 0.493. The molecule has 180 valence electrons. The Morgan fingerprint density at radius 1 is 1.09 bits per heavy atom. The molecule has 0 atom stereocenters. The standard InChI is InChI=1S/C26H33N5O3/c1-20(2)34-18-8-13-27-24(32)21-11-16-30(17-12-21)26(33)23-19-28-31(22-9-4-3-5-10-22)25(23)29-14-6-7-15-29/h3-7,9-10,14-15,19-21H,8,11-13,16-18H2,1-2H3,(H,27,32). The first-order valence-electron chi connectivity index (χ1n) is 12.0. The number of likely N-dealkylation sites (tertiary alicyclic amines) is 1. The van der Waals surface area contributed by atoms with Gasteiger partial charge >= 0.3 is 0 Å². The molecule has 1 aromatic carbocycles. The zero-order chi connectivity index (χ0) is 23.9. The van der Waals surface area contributed by atoms with Crippen LogP contribution in [0.15, 0.2) is 61.1 Å². The highest BCUT2D eigenvalue weighted by Gasteiger charge is 2.30. The molecule has 1 aliphatic rings. The number of carbonyl (C=O) groups is 2. The molecule has 1 saturated heterocycles. The summed E-state index contributed by atoms with van der Waals surface area (Å²) in [7, 11) is 0. The molecule has 1 N–H and O–H groups in total. The van der Waals surface area contributed by atoms with E-state index in [2.05, 4.69) is 10.4 Å². The first-order valence-corrected chi connectivity index (χ1v) is 12.0. The number of ether oxygens (including phenoxy) is 1. The van der Waals surface area contributed by atoms with E-state index in [0.717, 1.165) is 12.1 Å². The number of hydrogen-bond donors (Lipinski definition) is 1. The van der Waals surface area contributed by atoms with Crippen LogP contribution in [0, 0.1) is 5.92 Å². The number of para-hydroxylation sites is 1. The lowest BCUT2D eigenvalue weighted by Crippen LogP contribution is -2.43. The Bertz CT molecular complexity index is 1070. The molecule has 4 rings (SSSR count). The highest BCUT2D eigenvalue weighted by molar-refractivity contribution is 5.97. The van der Waals surface area contributed by atoms with Gasteiger partial charge < -0.3 is 19.5 Å². The minimum Gasteiger partial charge on any atom is -0.379 e. The molecule has 34 heavy (non-hydrogen) atoms. The number of benzene rings is 1. The number of amides is 2. The van der Waals surface area contributed by atoms with E-state index in [9.17, 15) is 9.59 Å². The Labute approximate surface area is 200 Å². The van der Waals surface area contributed by atoms with Crippen molar-refractivity contribution in [1.82, 2.24) is 24.6 Å². The van der Waals surface area contributed by atoms with E-state index in [0.29, 0.717) is 50.5 Å². The van der Waals surface area contributed by atoms with Crippen LogP contribution in [-0.4, -0.2) is 63.4 Å². The lowest BCUT2D eigenvalue weighted by Gasteiger charge is -2.31. The van der Waals surface area contributed by atoms with Gasteiger partial charge in [-0.15, -0.1) is 0 Å². The molecule has 3 heterocycles. The van der Waals surface area contributed by atoms with Crippen molar-refractivity contribution in [3.8, 4) is 11.5 Å². The number of aromatic nitrogens is 3. The van der Waals surface area contributed by atoms with E-state index in [1.54, 1.807) is 10.9 Å². The van der Waals surface area contributed by atoms with Gasteiger partial charge in [0.25, 0.3) is 5.91 Å². The number of hydrogen-bond acceptors (Lipinski definition) is 4. The van der Waals surface area contributed by atoms with Crippen LogP contribution in [-0.2, 0) is 9.53 Å². The molecular formula is C26H33N5O3. The Balaban J connectivity index is 1.39. The zero-order valence-corrected chi connectivity index (χ0v) is 19.9. The second-order valence-electron chi connectivity index (χ2n) is 8.85. The summed E-state index contributed by atoms with van der Waals surface area (Å²) in [5.41, 5.74) is 1.44. The van der Waals surface area contributed by atoms with Crippen molar-refractivity contribution in [3.63, 3.8) is 0 Å². The molecule has 2 amide bonds. The van der Waals surface area contributed by atoms with Crippen LogP contribution in [0.5, 0.6) is 0 Å². The lowest BCUT2D eigenvalue weighted by atomic mass is 9.95. The van der Waals surface area contributed by atoms with Gasteiger partial charge in [-0.25, -0.2) is 4.68 Å². The van der Waals surface area contributed by atoms with Gasteiger partial charge in [0, 0.05) is 44.6 Å². The molecule has 1 fully saturated rings. The Morgan fingerprint density at radius 2 is 1.79 bits per heavy atom. The third-order valence-corrected chi connectivity index (χ3v) is 6.05. The summed E-state index contributed by atoms with van der Waals surface area (Å²) >= 11 is 0. The number of carbonyl (C=O) groups excluding carboxylic acids is 2. The third kappa shape index (κ3) is 5.56. The average molecular weight is 464 g/mol. The second kappa shape index (κ2) is 11.2. The minimum absolute atomic E-state index is 0.0597. The summed E-state index contributed by atoms with van der Waals surface area (Å²) in [6, 6.07) is 13.6. The maximum Gasteiger partial charge on any atom is 0.259 e. The molecule has 0 spiro atoms. The van der Waals surface area contributed by atoms with Crippen molar-refractivity contribution in [2.45, 2.75) is 39.2 Å². The fourth-order valence-electron chi connectivity index (χ4n) is 4.24. The van der Waals surface area contributed by atoms with E-state index in [-0.39, 0.29) is 23.8 Å². The van der Waals surface area contributed by atoms with Crippen molar-refractivity contribution >= 4 is 11.8 Å². The maximum absolute atomic E-state index is 13.5. The van der Waals surface area contributed by atoms with Crippen molar-refractivity contribution in [2.75, 3.05) is 26.2 Å². The number of piperidine rings is 1. The van der Waals surface area contributed by atoms with Crippen LogP contribution in [0.2, 0.25) is 0 Å². The maximum atomic E-state index is 13.5. The fraction of sp³-hybridized carbons (Fsp3) is 0.423. The van der Waals surface area contributed by atoms with Gasteiger partial charge in [-0.1, -0.05) is 18.2 Å². The topological polar surface area (TPSA) is 81.4 Å². The molecule has 0 saturated carbocycles. The van der Waals surface area contributed by atoms with E-state index >= 15 is 0 Å². The highest BCUT2D eigenvalue weighted by atomic mass is 16.5. The number of rotatable bonds is 9. The van der Waals surface area contributed by atoms with Gasteiger partial charge in [-0.2, -0.15) is 5.10 Å². The van der Waals surface area contributed by atoms with Gasteiger partial charge in [-0.05, 0) is 57.4 Å². The molecule has 0 bridgehead atoms. The molecule has 8 heteroatoms. The largest absolute Gasteiger partial charge is 0.379 e. The first-order chi connectivity index (χ1) is 16.5. The van der Waals surface area contributed by atoms with E-state index in [4.69, 9.17) is 4.74 Å². The third-order valence-electron chi connectivity index (χ3n) is 6.05. The van der Waals surface area contributed by atoms with Crippen LogP contribution < -0.4 is 5.32 Å². The Kier molecular flexibility index (Phi) is 7.80. The summed E-state index contributed by atoms with van der Waals surface area (Å²) in [6.07, 6.45) is 7.79. The first kappa shape index (κ1) is 23.8. The molecule has 0 radical (unpaired) electrons.